The molecule has 3 rings (SSSR count). The highest BCUT2D eigenvalue weighted by Gasteiger charge is 2.16. The van der Waals surface area contributed by atoms with Crippen molar-refractivity contribution in [2.24, 2.45) is 0 Å². The number of nitrogens with one attached hydrogen (secondary N) is 1. The molecule has 0 aliphatic heterocycles. The molecule has 0 aliphatic carbocycles. The third-order valence-corrected chi connectivity index (χ3v) is 4.53. The SMILES string of the molecule is COCC(C)NC(=O)c1cncn1-c1ccc(-c2c(OC)cccc2OC)cc1. The van der Waals surface area contributed by atoms with Crippen LogP contribution in [0.5, 0.6) is 11.5 Å². The van der Waals surface area contributed by atoms with Gasteiger partial charge in [0.1, 0.15) is 17.2 Å². The molecule has 0 saturated heterocycles. The molecular formula is C22H25N3O4. The van der Waals surface area contributed by atoms with Gasteiger partial charge in [-0.3, -0.25) is 9.36 Å². The molecule has 1 aromatic heterocycles. The van der Waals surface area contributed by atoms with Crippen LogP contribution in [0.4, 0.5) is 0 Å². The summed E-state index contributed by atoms with van der Waals surface area (Å²) in [5, 5.41) is 2.90. The molecule has 0 bridgehead atoms. The molecule has 3 aromatic rings. The average molecular weight is 395 g/mol. The number of nitrogens with zero attached hydrogens (tertiary/aromatic N) is 2. The lowest BCUT2D eigenvalue weighted by atomic mass is 10.0. The highest BCUT2D eigenvalue weighted by Crippen LogP contribution is 2.38. The number of hydrogen-bond donors (Lipinski definition) is 1. The Balaban J connectivity index is 1.90. The zero-order valence-electron chi connectivity index (χ0n) is 17.0. The number of carbonyl (C=O) groups excluding carboxylic acids is 1. The van der Waals surface area contributed by atoms with Crippen molar-refractivity contribution in [2.45, 2.75) is 13.0 Å². The number of ether oxygens (including phenoxy) is 3. The second kappa shape index (κ2) is 9.25. The van der Waals surface area contributed by atoms with Crippen molar-refractivity contribution >= 4 is 5.91 Å². The molecular weight excluding hydrogens is 370 g/mol. The number of carbonyl (C=O) groups is 1. The Morgan fingerprint density at radius 1 is 1.07 bits per heavy atom. The summed E-state index contributed by atoms with van der Waals surface area (Å²) in [7, 11) is 4.87. The van der Waals surface area contributed by atoms with Gasteiger partial charge in [-0.05, 0) is 36.8 Å². The lowest BCUT2D eigenvalue weighted by Crippen LogP contribution is -2.36. The van der Waals surface area contributed by atoms with E-state index in [9.17, 15) is 4.79 Å². The first kappa shape index (κ1) is 20.4. The zero-order chi connectivity index (χ0) is 20.8. The van der Waals surface area contributed by atoms with E-state index < -0.39 is 0 Å². The van der Waals surface area contributed by atoms with Crippen LogP contribution in [0.1, 0.15) is 17.4 Å². The smallest absolute Gasteiger partial charge is 0.270 e. The maximum atomic E-state index is 12.6. The van der Waals surface area contributed by atoms with E-state index in [1.165, 1.54) is 0 Å². The van der Waals surface area contributed by atoms with Crippen molar-refractivity contribution in [1.82, 2.24) is 14.9 Å². The molecule has 1 amide bonds. The van der Waals surface area contributed by atoms with Gasteiger partial charge in [0.15, 0.2) is 0 Å². The predicted octanol–water partition coefficient (Wildman–Crippen LogP) is 3.32. The Labute approximate surface area is 170 Å². The van der Waals surface area contributed by atoms with Crippen LogP contribution in [0.3, 0.4) is 0 Å². The Morgan fingerprint density at radius 2 is 1.72 bits per heavy atom. The van der Waals surface area contributed by atoms with Crippen LogP contribution in [0, 0.1) is 0 Å². The minimum atomic E-state index is -0.206. The molecule has 1 heterocycles. The molecule has 1 atom stereocenters. The second-order valence-electron chi connectivity index (χ2n) is 6.56. The fourth-order valence-electron chi connectivity index (χ4n) is 3.18. The quantitative estimate of drug-likeness (QED) is 0.633. The molecule has 29 heavy (non-hydrogen) atoms. The molecule has 0 spiro atoms. The number of imidazole rings is 1. The molecule has 0 fully saturated rings. The minimum Gasteiger partial charge on any atom is -0.496 e. The lowest BCUT2D eigenvalue weighted by molar-refractivity contribution is 0.0898. The van der Waals surface area contributed by atoms with Crippen LogP contribution in [-0.4, -0.2) is 49.4 Å². The van der Waals surface area contributed by atoms with Crippen molar-refractivity contribution in [3.8, 4) is 28.3 Å². The van der Waals surface area contributed by atoms with E-state index in [0.717, 1.165) is 28.3 Å². The fraction of sp³-hybridized carbons (Fsp3) is 0.273. The number of aromatic nitrogens is 2. The molecule has 0 aliphatic rings. The van der Waals surface area contributed by atoms with E-state index in [0.29, 0.717) is 12.3 Å². The number of hydrogen-bond acceptors (Lipinski definition) is 5. The topological polar surface area (TPSA) is 74.6 Å². The summed E-state index contributed by atoms with van der Waals surface area (Å²) >= 11 is 0. The first-order valence-corrected chi connectivity index (χ1v) is 9.23. The van der Waals surface area contributed by atoms with E-state index in [1.54, 1.807) is 38.4 Å². The summed E-state index contributed by atoms with van der Waals surface area (Å²) in [4.78, 5) is 16.7. The minimum absolute atomic E-state index is 0.101. The van der Waals surface area contributed by atoms with Crippen LogP contribution < -0.4 is 14.8 Å². The van der Waals surface area contributed by atoms with Crippen molar-refractivity contribution < 1.29 is 19.0 Å². The standard InChI is InChI=1S/C22H25N3O4/c1-15(13-27-2)24-22(26)18-12-23-14-25(18)17-10-8-16(9-11-17)21-19(28-3)6-5-7-20(21)29-4/h5-12,14-15H,13H2,1-4H3,(H,24,26). The average Bonchev–Trinajstić information content (AvgIpc) is 3.23. The monoisotopic (exact) mass is 395 g/mol. The predicted molar refractivity (Wildman–Crippen MR) is 111 cm³/mol. The van der Waals surface area contributed by atoms with Gasteiger partial charge in [0.05, 0.1) is 38.9 Å². The summed E-state index contributed by atoms with van der Waals surface area (Å²) in [6, 6.07) is 13.4. The number of methoxy groups -OCH3 is 3. The second-order valence-corrected chi connectivity index (χ2v) is 6.56. The first-order valence-electron chi connectivity index (χ1n) is 9.23. The van der Waals surface area contributed by atoms with E-state index in [4.69, 9.17) is 14.2 Å². The summed E-state index contributed by atoms with van der Waals surface area (Å²) < 4.78 is 17.8. The van der Waals surface area contributed by atoms with Gasteiger partial charge < -0.3 is 19.5 Å². The lowest BCUT2D eigenvalue weighted by Gasteiger charge is -2.15. The van der Waals surface area contributed by atoms with E-state index in [-0.39, 0.29) is 11.9 Å². The Kier molecular flexibility index (Phi) is 6.51. The largest absolute Gasteiger partial charge is 0.496 e. The molecule has 0 saturated carbocycles. The Morgan fingerprint density at radius 3 is 2.31 bits per heavy atom. The third kappa shape index (κ3) is 4.41. The first-order chi connectivity index (χ1) is 14.1. The third-order valence-electron chi connectivity index (χ3n) is 4.53. The van der Waals surface area contributed by atoms with Gasteiger partial charge in [-0.1, -0.05) is 18.2 Å². The molecule has 0 radical (unpaired) electrons. The summed E-state index contributed by atoms with van der Waals surface area (Å²) in [5.74, 6) is 1.25. The van der Waals surface area contributed by atoms with Gasteiger partial charge in [-0.2, -0.15) is 0 Å². The van der Waals surface area contributed by atoms with Crippen LogP contribution in [-0.2, 0) is 4.74 Å². The molecule has 152 valence electrons. The Bertz CT molecular complexity index is 944. The van der Waals surface area contributed by atoms with E-state index >= 15 is 0 Å². The summed E-state index contributed by atoms with van der Waals surface area (Å²) in [5.41, 5.74) is 3.10. The normalized spacial score (nSPS) is 11.7. The molecule has 2 aromatic carbocycles. The van der Waals surface area contributed by atoms with Crippen LogP contribution >= 0.6 is 0 Å². The number of amides is 1. The maximum Gasteiger partial charge on any atom is 0.270 e. The van der Waals surface area contributed by atoms with Gasteiger partial charge in [-0.25, -0.2) is 4.98 Å². The molecule has 1 unspecified atom stereocenters. The highest BCUT2D eigenvalue weighted by molar-refractivity contribution is 5.93. The van der Waals surface area contributed by atoms with Crippen molar-refractivity contribution in [2.75, 3.05) is 27.9 Å². The van der Waals surface area contributed by atoms with E-state index in [2.05, 4.69) is 10.3 Å². The van der Waals surface area contributed by atoms with Crippen LogP contribution in [0.2, 0.25) is 0 Å². The molecule has 7 nitrogen and oxygen atoms in total. The summed E-state index contributed by atoms with van der Waals surface area (Å²) in [6.45, 7) is 2.33. The van der Waals surface area contributed by atoms with Crippen molar-refractivity contribution in [3.63, 3.8) is 0 Å². The highest BCUT2D eigenvalue weighted by atomic mass is 16.5. The van der Waals surface area contributed by atoms with Crippen LogP contribution in [0.25, 0.3) is 16.8 Å². The summed E-state index contributed by atoms with van der Waals surface area (Å²) in [6.07, 6.45) is 3.17. The number of benzene rings is 2. The fourth-order valence-corrected chi connectivity index (χ4v) is 3.18. The number of rotatable bonds is 8. The van der Waals surface area contributed by atoms with Crippen molar-refractivity contribution in [3.05, 3.63) is 60.7 Å². The van der Waals surface area contributed by atoms with Gasteiger partial charge in [0, 0.05) is 18.8 Å². The van der Waals surface area contributed by atoms with Crippen LogP contribution in [0.15, 0.2) is 55.0 Å². The van der Waals surface area contributed by atoms with Gasteiger partial charge >= 0.3 is 0 Å². The van der Waals surface area contributed by atoms with Gasteiger partial charge in [0.25, 0.3) is 5.91 Å². The maximum absolute atomic E-state index is 12.6. The van der Waals surface area contributed by atoms with E-state index in [1.807, 2.05) is 49.4 Å². The molecule has 1 N–H and O–H groups in total. The van der Waals surface area contributed by atoms with Crippen molar-refractivity contribution in [1.29, 1.82) is 0 Å². The van der Waals surface area contributed by atoms with Gasteiger partial charge in [-0.15, -0.1) is 0 Å². The zero-order valence-corrected chi connectivity index (χ0v) is 17.0. The Hall–Kier alpha value is -3.32. The van der Waals surface area contributed by atoms with Gasteiger partial charge in [0.2, 0.25) is 0 Å². The molecule has 7 heteroatoms.